The van der Waals surface area contributed by atoms with Gasteiger partial charge in [-0.05, 0) is 43.4 Å². The second-order valence-electron chi connectivity index (χ2n) is 5.38. The van der Waals surface area contributed by atoms with Gasteiger partial charge < -0.3 is 4.74 Å². The molecule has 2 rings (SSSR count). The van der Waals surface area contributed by atoms with E-state index >= 15 is 0 Å². The van der Waals surface area contributed by atoms with Gasteiger partial charge in [-0.15, -0.1) is 12.6 Å². The number of aliphatic imine (C=N–C) groups is 1. The highest BCUT2D eigenvalue weighted by Gasteiger charge is 2.12. The first kappa shape index (κ1) is 14.4. The van der Waals surface area contributed by atoms with Gasteiger partial charge in [0, 0.05) is 23.2 Å². The lowest BCUT2D eigenvalue weighted by atomic mass is 9.89. The van der Waals surface area contributed by atoms with E-state index in [9.17, 15) is 0 Å². The molecule has 0 N–H and O–H groups in total. The van der Waals surface area contributed by atoms with E-state index in [0.717, 1.165) is 34.2 Å². The van der Waals surface area contributed by atoms with E-state index in [0.29, 0.717) is 0 Å². The zero-order valence-corrected chi connectivity index (χ0v) is 12.7. The predicted molar refractivity (Wildman–Crippen MR) is 84.0 cm³/mol. The molecule has 0 amide bonds. The number of thiol groups is 1. The van der Waals surface area contributed by atoms with Gasteiger partial charge in [0.05, 0.1) is 7.11 Å². The van der Waals surface area contributed by atoms with Crippen LogP contribution in [0.1, 0.15) is 43.2 Å². The van der Waals surface area contributed by atoms with Crippen molar-refractivity contribution in [3.8, 4) is 5.75 Å². The predicted octanol–water partition coefficient (Wildman–Crippen LogP) is 4.29. The van der Waals surface area contributed by atoms with Gasteiger partial charge in [-0.3, -0.25) is 4.99 Å². The monoisotopic (exact) mass is 277 g/mol. The van der Waals surface area contributed by atoms with Crippen LogP contribution in [0.3, 0.4) is 0 Å². The molecule has 1 fully saturated rings. The maximum atomic E-state index is 5.29. The SMILES string of the molecule is COc1cc(C)c(S)c(C=NCC2CCCCC2)c1. The topological polar surface area (TPSA) is 21.6 Å². The van der Waals surface area contributed by atoms with E-state index in [1.165, 1.54) is 32.1 Å². The Balaban J connectivity index is 2.03. The number of ether oxygens (including phenoxy) is 1. The van der Waals surface area contributed by atoms with Crippen LogP contribution in [0.2, 0.25) is 0 Å². The summed E-state index contributed by atoms with van der Waals surface area (Å²) in [6.45, 7) is 2.99. The molecular weight excluding hydrogens is 254 g/mol. The van der Waals surface area contributed by atoms with Crippen molar-refractivity contribution in [2.45, 2.75) is 43.9 Å². The molecule has 1 saturated carbocycles. The Labute approximate surface area is 121 Å². The fraction of sp³-hybridized carbons (Fsp3) is 0.562. The minimum absolute atomic E-state index is 0.778. The van der Waals surface area contributed by atoms with E-state index in [1.807, 2.05) is 25.3 Å². The molecule has 0 atom stereocenters. The first-order valence-corrected chi connectivity index (χ1v) is 7.53. The summed E-state index contributed by atoms with van der Waals surface area (Å²) in [4.78, 5) is 5.61. The summed E-state index contributed by atoms with van der Waals surface area (Å²) in [5, 5.41) is 0. The minimum atomic E-state index is 0.778. The second kappa shape index (κ2) is 6.99. The molecule has 0 aromatic heterocycles. The van der Waals surface area contributed by atoms with E-state index in [1.54, 1.807) is 7.11 Å². The lowest BCUT2D eigenvalue weighted by molar-refractivity contribution is 0.367. The van der Waals surface area contributed by atoms with Crippen LogP contribution < -0.4 is 4.74 Å². The maximum absolute atomic E-state index is 5.29. The Kier molecular flexibility index (Phi) is 5.32. The van der Waals surface area contributed by atoms with Crippen molar-refractivity contribution in [2.24, 2.45) is 10.9 Å². The molecule has 1 aromatic carbocycles. The van der Waals surface area contributed by atoms with Crippen LogP contribution in [-0.2, 0) is 0 Å². The van der Waals surface area contributed by atoms with Crippen molar-refractivity contribution in [1.82, 2.24) is 0 Å². The number of benzene rings is 1. The first-order chi connectivity index (χ1) is 9.20. The van der Waals surface area contributed by atoms with E-state index in [4.69, 9.17) is 4.74 Å². The van der Waals surface area contributed by atoms with Gasteiger partial charge in [-0.2, -0.15) is 0 Å². The highest BCUT2D eigenvalue weighted by molar-refractivity contribution is 7.80. The minimum Gasteiger partial charge on any atom is -0.497 e. The number of hydrogen-bond acceptors (Lipinski definition) is 3. The van der Waals surface area contributed by atoms with Crippen molar-refractivity contribution in [3.63, 3.8) is 0 Å². The van der Waals surface area contributed by atoms with Gasteiger partial charge in [-0.1, -0.05) is 19.3 Å². The summed E-state index contributed by atoms with van der Waals surface area (Å²) in [6.07, 6.45) is 8.76. The summed E-state index contributed by atoms with van der Waals surface area (Å²) >= 11 is 4.55. The summed E-state index contributed by atoms with van der Waals surface area (Å²) in [7, 11) is 1.69. The standard InChI is InChI=1S/C16H23NOS/c1-12-8-15(18-2)9-14(16(12)19)11-17-10-13-6-4-3-5-7-13/h8-9,11,13,19H,3-7,10H2,1-2H3. The number of hydrogen-bond donors (Lipinski definition) is 1. The number of methoxy groups -OCH3 is 1. The Morgan fingerprint density at radius 3 is 2.74 bits per heavy atom. The molecule has 0 bridgehead atoms. The van der Waals surface area contributed by atoms with E-state index < -0.39 is 0 Å². The highest BCUT2D eigenvalue weighted by Crippen LogP contribution is 2.25. The van der Waals surface area contributed by atoms with Gasteiger partial charge in [-0.25, -0.2) is 0 Å². The van der Waals surface area contributed by atoms with E-state index in [-0.39, 0.29) is 0 Å². The molecule has 0 spiro atoms. The molecule has 1 aromatic rings. The Morgan fingerprint density at radius 1 is 1.32 bits per heavy atom. The molecular formula is C16H23NOS. The quantitative estimate of drug-likeness (QED) is 0.643. The summed E-state index contributed by atoms with van der Waals surface area (Å²) < 4.78 is 5.29. The van der Waals surface area contributed by atoms with Gasteiger partial charge in [0.15, 0.2) is 0 Å². The maximum Gasteiger partial charge on any atom is 0.119 e. The number of rotatable bonds is 4. The molecule has 0 heterocycles. The molecule has 19 heavy (non-hydrogen) atoms. The lowest BCUT2D eigenvalue weighted by Crippen LogP contribution is -2.09. The third-order valence-electron chi connectivity index (χ3n) is 3.86. The molecule has 1 aliphatic carbocycles. The molecule has 0 unspecified atom stereocenters. The van der Waals surface area contributed by atoms with Crippen LogP contribution in [0.25, 0.3) is 0 Å². The summed E-state index contributed by atoms with van der Waals surface area (Å²) in [6, 6.07) is 4.00. The first-order valence-electron chi connectivity index (χ1n) is 7.08. The fourth-order valence-electron chi connectivity index (χ4n) is 2.66. The molecule has 104 valence electrons. The summed E-state index contributed by atoms with van der Waals surface area (Å²) in [5.74, 6) is 1.65. The lowest BCUT2D eigenvalue weighted by Gasteiger charge is -2.19. The second-order valence-corrected chi connectivity index (χ2v) is 5.83. The van der Waals surface area contributed by atoms with Crippen LogP contribution in [0.15, 0.2) is 22.0 Å². The highest BCUT2D eigenvalue weighted by atomic mass is 32.1. The van der Waals surface area contributed by atoms with Gasteiger partial charge in [0.1, 0.15) is 5.75 Å². The zero-order valence-electron chi connectivity index (χ0n) is 11.9. The van der Waals surface area contributed by atoms with Crippen LogP contribution >= 0.6 is 12.6 Å². The third-order valence-corrected chi connectivity index (χ3v) is 4.47. The molecule has 3 heteroatoms. The van der Waals surface area contributed by atoms with Crippen molar-refractivity contribution >= 4 is 18.8 Å². The van der Waals surface area contributed by atoms with Gasteiger partial charge in [0.25, 0.3) is 0 Å². The molecule has 0 aliphatic heterocycles. The largest absolute Gasteiger partial charge is 0.497 e. The Bertz CT molecular complexity index is 450. The zero-order chi connectivity index (χ0) is 13.7. The van der Waals surface area contributed by atoms with Crippen LogP contribution in [0, 0.1) is 12.8 Å². The molecule has 1 aliphatic rings. The Hall–Kier alpha value is -0.960. The van der Waals surface area contributed by atoms with Gasteiger partial charge >= 0.3 is 0 Å². The normalized spacial score (nSPS) is 17.0. The van der Waals surface area contributed by atoms with Crippen LogP contribution in [0.5, 0.6) is 5.75 Å². The average Bonchev–Trinajstić information content (AvgIpc) is 2.44. The number of nitrogens with zero attached hydrogens (tertiary/aromatic N) is 1. The fourth-order valence-corrected chi connectivity index (χ4v) is 2.85. The molecule has 0 radical (unpaired) electrons. The van der Waals surface area contributed by atoms with Crippen molar-refractivity contribution < 1.29 is 4.74 Å². The van der Waals surface area contributed by atoms with Crippen molar-refractivity contribution in [1.29, 1.82) is 0 Å². The van der Waals surface area contributed by atoms with Crippen molar-refractivity contribution in [2.75, 3.05) is 13.7 Å². The third kappa shape index (κ3) is 4.00. The summed E-state index contributed by atoms with van der Waals surface area (Å²) in [5.41, 5.74) is 2.18. The number of aryl methyl sites for hydroxylation is 1. The molecule has 0 saturated heterocycles. The average molecular weight is 277 g/mol. The van der Waals surface area contributed by atoms with Crippen LogP contribution in [-0.4, -0.2) is 19.9 Å². The van der Waals surface area contributed by atoms with Crippen molar-refractivity contribution in [3.05, 3.63) is 23.3 Å². The van der Waals surface area contributed by atoms with Crippen LogP contribution in [0.4, 0.5) is 0 Å². The van der Waals surface area contributed by atoms with Gasteiger partial charge in [0.2, 0.25) is 0 Å². The Morgan fingerprint density at radius 2 is 2.05 bits per heavy atom. The molecule has 2 nitrogen and oxygen atoms in total. The van der Waals surface area contributed by atoms with E-state index in [2.05, 4.69) is 17.6 Å². The smallest absolute Gasteiger partial charge is 0.119 e.